The minimum atomic E-state index is 1.07. The summed E-state index contributed by atoms with van der Waals surface area (Å²) in [4.78, 5) is 12.7. The first-order valence-corrected chi connectivity index (χ1v) is 7.83. The smallest absolute Gasteiger partial charge is 0.129 e. The average Bonchev–Trinajstić information content (AvgIpc) is 3.19. The van der Waals surface area contributed by atoms with Gasteiger partial charge in [-0.25, -0.2) is 4.98 Å². The van der Waals surface area contributed by atoms with Crippen LogP contribution in [0.5, 0.6) is 0 Å². The van der Waals surface area contributed by atoms with Crippen molar-refractivity contribution in [2.24, 2.45) is 0 Å². The summed E-state index contributed by atoms with van der Waals surface area (Å²) < 4.78 is 0. The summed E-state index contributed by atoms with van der Waals surface area (Å²) in [7, 11) is 0. The van der Waals surface area contributed by atoms with E-state index in [1.54, 1.807) is 11.3 Å². The predicted octanol–water partition coefficient (Wildman–Crippen LogP) is 3.96. The molecule has 4 rings (SSSR count). The monoisotopic (exact) mass is 281 g/mol. The van der Waals surface area contributed by atoms with Gasteiger partial charge in [0.1, 0.15) is 5.82 Å². The van der Waals surface area contributed by atoms with Crippen LogP contribution in [-0.4, -0.2) is 23.1 Å². The van der Waals surface area contributed by atoms with Crippen LogP contribution in [0.3, 0.4) is 0 Å². The van der Waals surface area contributed by atoms with E-state index < -0.39 is 0 Å². The first kappa shape index (κ1) is 11.9. The van der Waals surface area contributed by atoms with Gasteiger partial charge in [-0.3, -0.25) is 4.98 Å². The highest BCUT2D eigenvalue weighted by molar-refractivity contribution is 7.13. The summed E-state index contributed by atoms with van der Waals surface area (Å²) in [5.74, 6) is 1.10. The highest BCUT2D eigenvalue weighted by Crippen LogP contribution is 2.33. The Morgan fingerprint density at radius 1 is 1.10 bits per heavy atom. The largest absolute Gasteiger partial charge is 0.357 e. The zero-order valence-corrected chi connectivity index (χ0v) is 11.9. The minimum absolute atomic E-state index is 1.07. The van der Waals surface area contributed by atoms with Gasteiger partial charge in [-0.05, 0) is 25.0 Å². The molecule has 2 aromatic heterocycles. The molecule has 1 aromatic carbocycles. The van der Waals surface area contributed by atoms with Crippen LogP contribution in [0.25, 0.3) is 21.3 Å². The van der Waals surface area contributed by atoms with Gasteiger partial charge < -0.3 is 4.90 Å². The zero-order chi connectivity index (χ0) is 13.4. The fraction of sp³-hybridized carbons (Fsp3) is 0.250. The topological polar surface area (TPSA) is 29.0 Å². The summed E-state index contributed by atoms with van der Waals surface area (Å²) in [6.07, 6.45) is 4.48. The molecule has 0 unspecified atom stereocenters. The third kappa shape index (κ3) is 1.96. The van der Waals surface area contributed by atoms with Crippen LogP contribution in [0.15, 0.2) is 42.0 Å². The number of nitrogens with zero attached hydrogens (tertiary/aromatic N) is 3. The van der Waals surface area contributed by atoms with Crippen LogP contribution in [0, 0.1) is 0 Å². The molecule has 3 heterocycles. The lowest BCUT2D eigenvalue weighted by Gasteiger charge is -2.18. The van der Waals surface area contributed by atoms with Gasteiger partial charge in [-0.1, -0.05) is 18.2 Å². The third-order valence-corrected chi connectivity index (χ3v) is 4.64. The Balaban J connectivity index is 1.94. The van der Waals surface area contributed by atoms with Crippen LogP contribution >= 0.6 is 11.3 Å². The molecule has 1 aliphatic rings. The van der Waals surface area contributed by atoms with E-state index >= 15 is 0 Å². The number of anilines is 1. The van der Waals surface area contributed by atoms with Crippen LogP contribution in [0.1, 0.15) is 12.8 Å². The van der Waals surface area contributed by atoms with E-state index in [2.05, 4.69) is 40.2 Å². The van der Waals surface area contributed by atoms with Crippen LogP contribution in [-0.2, 0) is 0 Å². The fourth-order valence-corrected chi connectivity index (χ4v) is 3.48. The van der Waals surface area contributed by atoms with Crippen molar-refractivity contribution in [1.82, 2.24) is 9.97 Å². The first-order chi connectivity index (χ1) is 9.92. The standard InChI is InChI=1S/C16H15N3S/c1-2-6-14-12(5-1)13(15-10-17-11-20-15)9-16(18-14)19-7-3-4-8-19/h1-2,5-6,9-11H,3-4,7-8H2. The van der Waals surface area contributed by atoms with Gasteiger partial charge in [0.15, 0.2) is 0 Å². The molecule has 100 valence electrons. The summed E-state index contributed by atoms with van der Waals surface area (Å²) in [6, 6.07) is 10.6. The molecule has 20 heavy (non-hydrogen) atoms. The average molecular weight is 281 g/mol. The summed E-state index contributed by atoms with van der Waals surface area (Å²) in [6.45, 7) is 2.24. The Labute approximate surface area is 121 Å². The molecule has 0 atom stereocenters. The SMILES string of the molecule is c1ccc2c(-c3cncs3)cc(N3CCCC3)nc2c1. The second-order valence-electron chi connectivity index (χ2n) is 5.11. The zero-order valence-electron chi connectivity index (χ0n) is 11.1. The molecule has 0 bridgehead atoms. The highest BCUT2D eigenvalue weighted by Gasteiger charge is 2.16. The van der Waals surface area contributed by atoms with Crippen LogP contribution in [0.4, 0.5) is 5.82 Å². The molecule has 0 amide bonds. The van der Waals surface area contributed by atoms with Crippen molar-refractivity contribution in [3.8, 4) is 10.4 Å². The molecule has 0 saturated carbocycles. The molecule has 4 heteroatoms. The Morgan fingerprint density at radius 3 is 2.75 bits per heavy atom. The second kappa shape index (κ2) is 4.87. The number of para-hydroxylation sites is 1. The van der Waals surface area contributed by atoms with E-state index in [1.807, 2.05) is 11.7 Å². The molecule has 1 fully saturated rings. The maximum atomic E-state index is 4.84. The van der Waals surface area contributed by atoms with E-state index in [0.717, 1.165) is 24.4 Å². The van der Waals surface area contributed by atoms with Crippen molar-refractivity contribution in [2.75, 3.05) is 18.0 Å². The van der Waals surface area contributed by atoms with Crippen LogP contribution < -0.4 is 4.90 Å². The Hall–Kier alpha value is -1.94. The van der Waals surface area contributed by atoms with Crippen molar-refractivity contribution >= 4 is 28.1 Å². The van der Waals surface area contributed by atoms with Crippen molar-refractivity contribution in [3.63, 3.8) is 0 Å². The molecular formula is C16H15N3S. The third-order valence-electron chi connectivity index (χ3n) is 3.83. The Morgan fingerprint density at radius 2 is 1.95 bits per heavy atom. The first-order valence-electron chi connectivity index (χ1n) is 6.95. The van der Waals surface area contributed by atoms with Gasteiger partial charge in [-0.15, -0.1) is 11.3 Å². The molecule has 1 saturated heterocycles. The van der Waals surface area contributed by atoms with E-state index in [9.17, 15) is 0 Å². The van der Waals surface area contributed by atoms with E-state index in [0.29, 0.717) is 0 Å². The van der Waals surface area contributed by atoms with Crippen molar-refractivity contribution < 1.29 is 0 Å². The lowest BCUT2D eigenvalue weighted by atomic mass is 10.1. The minimum Gasteiger partial charge on any atom is -0.357 e. The van der Waals surface area contributed by atoms with Crippen molar-refractivity contribution in [2.45, 2.75) is 12.8 Å². The van der Waals surface area contributed by atoms with Gasteiger partial charge in [0, 0.05) is 30.2 Å². The number of hydrogen-bond acceptors (Lipinski definition) is 4. The highest BCUT2D eigenvalue weighted by atomic mass is 32.1. The maximum Gasteiger partial charge on any atom is 0.129 e. The van der Waals surface area contributed by atoms with Gasteiger partial charge in [0.2, 0.25) is 0 Å². The van der Waals surface area contributed by atoms with E-state index in [-0.39, 0.29) is 0 Å². The van der Waals surface area contributed by atoms with E-state index in [1.165, 1.54) is 28.7 Å². The lowest BCUT2D eigenvalue weighted by Crippen LogP contribution is -2.18. The predicted molar refractivity (Wildman–Crippen MR) is 84.3 cm³/mol. The molecule has 0 aliphatic carbocycles. The number of hydrogen-bond donors (Lipinski definition) is 0. The Kier molecular flexibility index (Phi) is 2.89. The normalized spacial score (nSPS) is 15.1. The van der Waals surface area contributed by atoms with Gasteiger partial charge in [0.05, 0.1) is 15.9 Å². The molecule has 3 nitrogen and oxygen atoms in total. The van der Waals surface area contributed by atoms with Gasteiger partial charge >= 0.3 is 0 Å². The number of thiazole rings is 1. The number of aromatic nitrogens is 2. The summed E-state index contributed by atoms with van der Waals surface area (Å²) in [5, 5.41) is 1.21. The molecule has 0 spiro atoms. The molecular weight excluding hydrogens is 266 g/mol. The van der Waals surface area contributed by atoms with Crippen molar-refractivity contribution in [3.05, 3.63) is 42.0 Å². The molecule has 0 radical (unpaired) electrons. The number of fused-ring (bicyclic) bond motifs is 1. The maximum absolute atomic E-state index is 4.84. The lowest BCUT2D eigenvalue weighted by molar-refractivity contribution is 0.944. The second-order valence-corrected chi connectivity index (χ2v) is 5.99. The summed E-state index contributed by atoms with van der Waals surface area (Å²) >= 11 is 1.68. The number of benzene rings is 1. The number of rotatable bonds is 2. The fourth-order valence-electron chi connectivity index (χ4n) is 2.82. The van der Waals surface area contributed by atoms with Gasteiger partial charge in [-0.2, -0.15) is 0 Å². The van der Waals surface area contributed by atoms with Crippen molar-refractivity contribution in [1.29, 1.82) is 0 Å². The van der Waals surface area contributed by atoms with E-state index in [4.69, 9.17) is 4.98 Å². The summed E-state index contributed by atoms with van der Waals surface area (Å²) in [5.41, 5.74) is 4.21. The number of pyridine rings is 1. The van der Waals surface area contributed by atoms with Gasteiger partial charge in [0.25, 0.3) is 0 Å². The quantitative estimate of drug-likeness (QED) is 0.712. The van der Waals surface area contributed by atoms with Crippen LogP contribution in [0.2, 0.25) is 0 Å². The molecule has 1 aliphatic heterocycles. The Bertz CT molecular complexity index is 731. The molecule has 0 N–H and O–H groups in total. The molecule has 3 aromatic rings.